The van der Waals surface area contributed by atoms with E-state index in [4.69, 9.17) is 10.5 Å². The molecule has 0 fully saturated rings. The summed E-state index contributed by atoms with van der Waals surface area (Å²) in [6, 6.07) is 5.89. The summed E-state index contributed by atoms with van der Waals surface area (Å²) >= 11 is 0. The first kappa shape index (κ1) is 12.7. The van der Waals surface area contributed by atoms with Gasteiger partial charge in [0.2, 0.25) is 0 Å². The number of rotatable bonds is 3. The highest BCUT2D eigenvalue weighted by atomic mass is 16.5. The largest absolute Gasteiger partial charge is 0.464 e. The van der Waals surface area contributed by atoms with Crippen LogP contribution in [0.2, 0.25) is 0 Å². The van der Waals surface area contributed by atoms with Crippen LogP contribution in [0.4, 0.5) is 0 Å². The molecule has 0 spiro atoms. The van der Waals surface area contributed by atoms with E-state index in [2.05, 4.69) is 0 Å². The molecule has 0 aliphatic carbocycles. The third-order valence-electron chi connectivity index (χ3n) is 2.52. The van der Waals surface area contributed by atoms with Gasteiger partial charge in [0, 0.05) is 0 Å². The first-order valence-electron chi connectivity index (χ1n) is 5.42. The second-order valence-electron chi connectivity index (χ2n) is 4.30. The molecule has 0 aliphatic rings. The second kappa shape index (κ2) is 4.66. The minimum Gasteiger partial charge on any atom is -0.464 e. The molecule has 0 amide bonds. The topological polar surface area (TPSA) is 52.3 Å². The van der Waals surface area contributed by atoms with Gasteiger partial charge in [-0.05, 0) is 33.3 Å². The molecule has 16 heavy (non-hydrogen) atoms. The molecule has 1 rings (SSSR count). The van der Waals surface area contributed by atoms with Crippen molar-refractivity contribution in [1.82, 2.24) is 0 Å². The van der Waals surface area contributed by atoms with Crippen LogP contribution < -0.4 is 5.73 Å². The molecule has 2 N–H and O–H groups in total. The fourth-order valence-corrected chi connectivity index (χ4v) is 1.67. The van der Waals surface area contributed by atoms with Crippen molar-refractivity contribution in [3.63, 3.8) is 0 Å². The fraction of sp³-hybridized carbons (Fsp3) is 0.462. The summed E-state index contributed by atoms with van der Waals surface area (Å²) in [7, 11) is 0. The second-order valence-corrected chi connectivity index (χ2v) is 4.30. The van der Waals surface area contributed by atoms with Crippen molar-refractivity contribution < 1.29 is 9.53 Å². The van der Waals surface area contributed by atoms with Crippen LogP contribution in [0, 0.1) is 13.8 Å². The standard InChI is InChI=1S/C13H19NO2/c1-5-16-12(15)13(4,14)11-7-9(2)6-10(3)8-11/h6-8H,5,14H2,1-4H3. The Bertz CT molecular complexity index is 377. The van der Waals surface area contributed by atoms with Gasteiger partial charge in [-0.25, -0.2) is 4.79 Å². The van der Waals surface area contributed by atoms with Crippen LogP contribution in [0.25, 0.3) is 0 Å². The molecule has 0 saturated carbocycles. The zero-order valence-electron chi connectivity index (χ0n) is 10.3. The summed E-state index contributed by atoms with van der Waals surface area (Å²) < 4.78 is 4.98. The maximum absolute atomic E-state index is 11.7. The summed E-state index contributed by atoms with van der Waals surface area (Å²) in [4.78, 5) is 11.7. The summed E-state index contributed by atoms with van der Waals surface area (Å²) in [6.07, 6.45) is 0. The van der Waals surface area contributed by atoms with Gasteiger partial charge in [-0.2, -0.15) is 0 Å². The van der Waals surface area contributed by atoms with Crippen LogP contribution in [0.5, 0.6) is 0 Å². The maximum Gasteiger partial charge on any atom is 0.330 e. The van der Waals surface area contributed by atoms with Crippen LogP contribution in [0.3, 0.4) is 0 Å². The molecule has 88 valence electrons. The number of aryl methyl sites for hydroxylation is 2. The van der Waals surface area contributed by atoms with E-state index < -0.39 is 5.54 Å². The Morgan fingerprint density at radius 3 is 2.25 bits per heavy atom. The molecular weight excluding hydrogens is 202 g/mol. The minimum atomic E-state index is -1.08. The van der Waals surface area contributed by atoms with Crippen LogP contribution in [0.15, 0.2) is 18.2 Å². The van der Waals surface area contributed by atoms with Crippen LogP contribution in [-0.4, -0.2) is 12.6 Å². The molecule has 0 saturated heterocycles. The van der Waals surface area contributed by atoms with Gasteiger partial charge in [-0.3, -0.25) is 0 Å². The van der Waals surface area contributed by atoms with E-state index >= 15 is 0 Å². The number of hydrogen-bond acceptors (Lipinski definition) is 3. The third-order valence-corrected chi connectivity index (χ3v) is 2.52. The van der Waals surface area contributed by atoms with Gasteiger partial charge < -0.3 is 10.5 Å². The van der Waals surface area contributed by atoms with Crippen molar-refractivity contribution in [2.75, 3.05) is 6.61 Å². The number of benzene rings is 1. The zero-order chi connectivity index (χ0) is 12.3. The first-order valence-corrected chi connectivity index (χ1v) is 5.42. The molecule has 0 bridgehead atoms. The molecule has 0 aromatic heterocycles. The predicted octanol–water partition coefficient (Wildman–Crippen LogP) is 2.04. The molecule has 0 heterocycles. The molecular formula is C13H19NO2. The van der Waals surface area contributed by atoms with E-state index in [9.17, 15) is 4.79 Å². The highest BCUT2D eigenvalue weighted by Gasteiger charge is 2.32. The molecule has 3 nitrogen and oxygen atoms in total. The fourth-order valence-electron chi connectivity index (χ4n) is 1.67. The molecule has 3 heteroatoms. The van der Waals surface area contributed by atoms with Crippen molar-refractivity contribution in [2.24, 2.45) is 5.73 Å². The number of hydrogen-bond donors (Lipinski definition) is 1. The van der Waals surface area contributed by atoms with Gasteiger partial charge in [-0.15, -0.1) is 0 Å². The lowest BCUT2D eigenvalue weighted by Crippen LogP contribution is -2.43. The molecule has 1 aromatic carbocycles. The van der Waals surface area contributed by atoms with Gasteiger partial charge in [0.05, 0.1) is 6.61 Å². The third kappa shape index (κ3) is 2.61. The lowest BCUT2D eigenvalue weighted by Gasteiger charge is -2.23. The predicted molar refractivity (Wildman–Crippen MR) is 64.1 cm³/mol. The summed E-state index contributed by atoms with van der Waals surface area (Å²) in [5.41, 5.74) is 7.94. The van der Waals surface area contributed by atoms with Gasteiger partial charge in [0.1, 0.15) is 5.54 Å². The van der Waals surface area contributed by atoms with E-state index in [1.807, 2.05) is 32.0 Å². The Hall–Kier alpha value is -1.35. The smallest absolute Gasteiger partial charge is 0.330 e. The van der Waals surface area contributed by atoms with Gasteiger partial charge in [-0.1, -0.05) is 29.3 Å². The Balaban J connectivity index is 3.10. The van der Waals surface area contributed by atoms with Crippen LogP contribution in [-0.2, 0) is 15.1 Å². The van der Waals surface area contributed by atoms with E-state index in [1.54, 1.807) is 13.8 Å². The van der Waals surface area contributed by atoms with E-state index in [1.165, 1.54) is 0 Å². The highest BCUT2D eigenvalue weighted by Crippen LogP contribution is 2.22. The van der Waals surface area contributed by atoms with Crippen molar-refractivity contribution in [3.8, 4) is 0 Å². The van der Waals surface area contributed by atoms with Crippen molar-refractivity contribution in [1.29, 1.82) is 0 Å². The lowest BCUT2D eigenvalue weighted by atomic mass is 9.91. The van der Waals surface area contributed by atoms with E-state index in [0.29, 0.717) is 6.61 Å². The molecule has 0 radical (unpaired) electrons. The number of carbonyl (C=O) groups excluding carboxylic acids is 1. The van der Waals surface area contributed by atoms with Gasteiger partial charge in [0.25, 0.3) is 0 Å². The van der Waals surface area contributed by atoms with Gasteiger partial charge >= 0.3 is 5.97 Å². The van der Waals surface area contributed by atoms with E-state index in [-0.39, 0.29) is 5.97 Å². The summed E-state index contributed by atoms with van der Waals surface area (Å²) in [6.45, 7) is 7.76. The maximum atomic E-state index is 11.7. The lowest BCUT2D eigenvalue weighted by molar-refractivity contribution is -0.149. The van der Waals surface area contributed by atoms with Crippen LogP contribution in [0.1, 0.15) is 30.5 Å². The van der Waals surface area contributed by atoms with Gasteiger partial charge in [0.15, 0.2) is 0 Å². The molecule has 1 aromatic rings. The Morgan fingerprint density at radius 2 is 1.81 bits per heavy atom. The molecule has 1 unspecified atom stereocenters. The van der Waals surface area contributed by atoms with E-state index in [0.717, 1.165) is 16.7 Å². The molecule has 0 aliphatic heterocycles. The Labute approximate surface area is 96.6 Å². The zero-order valence-corrected chi connectivity index (χ0v) is 10.3. The Morgan fingerprint density at radius 1 is 1.31 bits per heavy atom. The number of esters is 1. The normalized spacial score (nSPS) is 14.3. The molecule has 1 atom stereocenters. The first-order chi connectivity index (χ1) is 7.37. The summed E-state index contributed by atoms with van der Waals surface area (Å²) in [5, 5.41) is 0. The quantitative estimate of drug-likeness (QED) is 0.795. The Kier molecular flexibility index (Phi) is 3.70. The number of carbonyl (C=O) groups is 1. The highest BCUT2D eigenvalue weighted by molar-refractivity contribution is 5.82. The summed E-state index contributed by atoms with van der Waals surface area (Å²) in [5.74, 6) is -0.389. The van der Waals surface area contributed by atoms with Crippen LogP contribution >= 0.6 is 0 Å². The van der Waals surface area contributed by atoms with Crippen molar-refractivity contribution >= 4 is 5.97 Å². The average molecular weight is 221 g/mol. The van der Waals surface area contributed by atoms with Crippen molar-refractivity contribution in [2.45, 2.75) is 33.2 Å². The monoisotopic (exact) mass is 221 g/mol. The number of ether oxygens (including phenoxy) is 1. The average Bonchev–Trinajstić information content (AvgIpc) is 2.16. The minimum absolute atomic E-state index is 0.344. The van der Waals surface area contributed by atoms with Crippen molar-refractivity contribution in [3.05, 3.63) is 34.9 Å². The number of nitrogens with two attached hydrogens (primary N) is 1. The SMILES string of the molecule is CCOC(=O)C(C)(N)c1cc(C)cc(C)c1.